The number of carbonyl (C=O) groups excluding carboxylic acids is 3. The summed E-state index contributed by atoms with van der Waals surface area (Å²) >= 11 is 2.23. The lowest BCUT2D eigenvalue weighted by atomic mass is 9.99. The van der Waals surface area contributed by atoms with Gasteiger partial charge in [0.2, 0.25) is 17.0 Å². The van der Waals surface area contributed by atoms with E-state index in [1.165, 1.54) is 24.3 Å². The van der Waals surface area contributed by atoms with Gasteiger partial charge in [0.05, 0.1) is 0 Å². The number of carboxylic acids is 1. The second-order valence-corrected chi connectivity index (χ2v) is 12.0. The Morgan fingerprint density at radius 1 is 1.29 bits per heavy atom. The lowest BCUT2D eigenvalue weighted by molar-refractivity contribution is -0.150. The quantitative estimate of drug-likeness (QED) is 0.125. The third-order valence-electron chi connectivity index (χ3n) is 5.76. The number of hydrogen-bond acceptors (Lipinski definition) is 11. The number of β-lactam (4-membered cyclic amide) rings is 1. The first-order chi connectivity index (χ1) is 18.0. The second-order valence-electron chi connectivity index (χ2n) is 8.20. The summed E-state index contributed by atoms with van der Waals surface area (Å²) in [4.78, 5) is 50.7. The zero-order valence-electron chi connectivity index (χ0n) is 19.3. The number of carbonyl (C=O) groups is 4. The molecule has 1 saturated heterocycles. The number of carboxylic acid groups (broad SMARTS) is 1. The zero-order valence-corrected chi connectivity index (χ0v) is 21.7. The number of tetrazole rings is 1. The van der Waals surface area contributed by atoms with Crippen LogP contribution in [-0.4, -0.2) is 89.7 Å². The fourth-order valence-electron chi connectivity index (χ4n) is 4.12. The molecule has 15 nitrogen and oxygen atoms in total. The van der Waals surface area contributed by atoms with Gasteiger partial charge in [-0.15, -0.1) is 16.9 Å². The summed E-state index contributed by atoms with van der Waals surface area (Å²) in [5, 5.41) is 22.4. The first-order valence-electron chi connectivity index (χ1n) is 10.9. The SMILES string of the molecule is NC(=O)CCC(Sc1nnn[nH]1)C1=C(C(=O)O)N2C(=O)C(NC(=O)C(c3ccccc3)S(=O)(=O)O)[C@@H]2SC1. The van der Waals surface area contributed by atoms with E-state index in [0.29, 0.717) is 5.57 Å². The maximum Gasteiger partial charge on any atom is 0.352 e. The van der Waals surface area contributed by atoms with Crippen LogP contribution < -0.4 is 11.1 Å². The zero-order chi connectivity index (χ0) is 27.6. The van der Waals surface area contributed by atoms with Gasteiger partial charge in [-0.25, -0.2) is 9.89 Å². The Morgan fingerprint density at radius 2 is 2.00 bits per heavy atom. The van der Waals surface area contributed by atoms with Crippen molar-refractivity contribution in [3.8, 4) is 0 Å². The fourth-order valence-corrected chi connectivity index (χ4v) is 7.51. The van der Waals surface area contributed by atoms with E-state index in [1.54, 1.807) is 6.07 Å². The number of benzene rings is 1. The number of nitrogens with two attached hydrogens (primary N) is 1. The molecule has 0 spiro atoms. The maximum absolute atomic E-state index is 13.1. The molecule has 3 heterocycles. The Balaban J connectivity index is 1.59. The summed E-state index contributed by atoms with van der Waals surface area (Å²) in [5.41, 5.74) is 5.30. The minimum absolute atomic E-state index is 0.00273. The molecule has 38 heavy (non-hydrogen) atoms. The van der Waals surface area contributed by atoms with Gasteiger partial charge >= 0.3 is 5.97 Å². The highest BCUT2D eigenvalue weighted by atomic mass is 32.2. The van der Waals surface area contributed by atoms with Crippen LogP contribution >= 0.6 is 23.5 Å². The summed E-state index contributed by atoms with van der Waals surface area (Å²) in [6.45, 7) is 0. The number of fused-ring (bicyclic) bond motifs is 1. The topological polar surface area (TPSA) is 239 Å². The van der Waals surface area contributed by atoms with Gasteiger partial charge in [0.1, 0.15) is 17.1 Å². The standard InChI is InChI=1S/C20H21N7O8S3/c21-12(28)7-6-11(37-20-23-25-26-24-20)10-8-36-18-13(17(30)27(18)14(10)19(31)32)22-16(29)15(38(33,34)35)9-4-2-1-3-5-9/h1-5,11,13,15,18H,6-8H2,(H2,21,28)(H,22,29)(H,31,32)(H,33,34,35)(H,23,24,25,26)/t11?,13?,15?,18-/m0/s1. The molecule has 4 rings (SSSR count). The van der Waals surface area contributed by atoms with Crippen molar-refractivity contribution >= 4 is 57.3 Å². The van der Waals surface area contributed by atoms with Crippen molar-refractivity contribution in [2.45, 2.75) is 39.9 Å². The molecule has 2 aromatic rings. The molecule has 6 N–H and O–H groups in total. The van der Waals surface area contributed by atoms with Crippen LogP contribution in [0, 0.1) is 0 Å². The van der Waals surface area contributed by atoms with E-state index < -0.39 is 55.7 Å². The number of primary amides is 1. The molecule has 3 amide bonds. The Hall–Kier alpha value is -3.48. The number of hydrogen-bond donors (Lipinski definition) is 5. The molecule has 2 aliphatic heterocycles. The lowest BCUT2D eigenvalue weighted by Crippen LogP contribution is -2.71. The number of amides is 3. The summed E-state index contributed by atoms with van der Waals surface area (Å²) in [5.74, 6) is -3.78. The molecule has 1 fully saturated rings. The summed E-state index contributed by atoms with van der Waals surface area (Å²) < 4.78 is 33.6. The van der Waals surface area contributed by atoms with Crippen molar-refractivity contribution < 1.29 is 37.3 Å². The Kier molecular flexibility index (Phi) is 8.05. The van der Waals surface area contributed by atoms with Crippen LogP contribution in [-0.2, 0) is 29.3 Å². The van der Waals surface area contributed by atoms with Gasteiger partial charge in [0, 0.05) is 17.4 Å². The van der Waals surface area contributed by atoms with Crippen LogP contribution in [0.1, 0.15) is 23.7 Å². The molecule has 202 valence electrons. The van der Waals surface area contributed by atoms with Gasteiger partial charge in [-0.05, 0) is 28.0 Å². The monoisotopic (exact) mass is 583 g/mol. The predicted octanol–water partition coefficient (Wildman–Crippen LogP) is -0.706. The van der Waals surface area contributed by atoms with Gasteiger partial charge in [-0.1, -0.05) is 42.1 Å². The Morgan fingerprint density at radius 3 is 2.58 bits per heavy atom. The molecule has 2 aliphatic rings. The van der Waals surface area contributed by atoms with E-state index in [9.17, 15) is 37.3 Å². The number of thioether (sulfide) groups is 2. The second kappa shape index (κ2) is 11.1. The number of aromatic amines is 1. The Bertz CT molecular complexity index is 1380. The largest absolute Gasteiger partial charge is 0.477 e. The molecule has 4 atom stereocenters. The van der Waals surface area contributed by atoms with Crippen LogP contribution in [0.4, 0.5) is 0 Å². The smallest absolute Gasteiger partial charge is 0.352 e. The average Bonchev–Trinajstić information content (AvgIpc) is 3.37. The predicted molar refractivity (Wildman–Crippen MR) is 133 cm³/mol. The van der Waals surface area contributed by atoms with E-state index in [1.807, 2.05) is 0 Å². The summed E-state index contributed by atoms with van der Waals surface area (Å²) in [7, 11) is -4.88. The first-order valence-corrected chi connectivity index (χ1v) is 14.3. The third kappa shape index (κ3) is 5.66. The molecule has 1 aromatic heterocycles. The van der Waals surface area contributed by atoms with Gasteiger partial charge in [0.15, 0.2) is 5.25 Å². The van der Waals surface area contributed by atoms with Gasteiger partial charge in [0.25, 0.3) is 16.0 Å². The molecule has 0 saturated carbocycles. The minimum Gasteiger partial charge on any atom is -0.477 e. The van der Waals surface area contributed by atoms with E-state index in [4.69, 9.17) is 5.73 Å². The van der Waals surface area contributed by atoms with E-state index in [0.717, 1.165) is 28.4 Å². The van der Waals surface area contributed by atoms with Crippen molar-refractivity contribution in [2.75, 3.05) is 5.75 Å². The highest BCUT2D eigenvalue weighted by molar-refractivity contribution is 8.01. The van der Waals surface area contributed by atoms with Crippen molar-refractivity contribution in [3.63, 3.8) is 0 Å². The highest BCUT2D eigenvalue weighted by Crippen LogP contribution is 2.44. The van der Waals surface area contributed by atoms with Crippen LogP contribution in [0.5, 0.6) is 0 Å². The van der Waals surface area contributed by atoms with Gasteiger partial charge in [-0.3, -0.25) is 23.8 Å². The molecule has 0 radical (unpaired) electrons. The number of aromatic nitrogens is 4. The van der Waals surface area contributed by atoms with Crippen LogP contribution in [0.3, 0.4) is 0 Å². The normalized spacial score (nSPS) is 20.8. The number of H-pyrrole nitrogens is 1. The molecular formula is C20H21N7O8S3. The van der Waals surface area contributed by atoms with Crippen LogP contribution in [0.2, 0.25) is 0 Å². The van der Waals surface area contributed by atoms with Crippen molar-refractivity contribution in [3.05, 3.63) is 47.2 Å². The fraction of sp³-hybridized carbons (Fsp3) is 0.350. The third-order valence-corrected chi connectivity index (χ3v) is 9.34. The Labute approximate surface area is 223 Å². The van der Waals surface area contributed by atoms with E-state index in [-0.39, 0.29) is 35.0 Å². The molecule has 3 unspecified atom stereocenters. The average molecular weight is 584 g/mol. The van der Waals surface area contributed by atoms with Crippen molar-refractivity contribution in [1.29, 1.82) is 0 Å². The minimum atomic E-state index is -4.88. The maximum atomic E-state index is 13.1. The van der Waals surface area contributed by atoms with Crippen molar-refractivity contribution in [1.82, 2.24) is 30.8 Å². The van der Waals surface area contributed by atoms with Crippen LogP contribution in [0.25, 0.3) is 0 Å². The lowest BCUT2D eigenvalue weighted by Gasteiger charge is -2.50. The molecular weight excluding hydrogens is 562 g/mol. The summed E-state index contributed by atoms with van der Waals surface area (Å²) in [6, 6.07) is 6.02. The van der Waals surface area contributed by atoms with Crippen LogP contribution in [0.15, 0.2) is 46.8 Å². The van der Waals surface area contributed by atoms with Crippen molar-refractivity contribution in [2.24, 2.45) is 5.73 Å². The summed E-state index contributed by atoms with van der Waals surface area (Å²) in [6.07, 6.45) is 0.0835. The number of aliphatic carboxylic acids is 1. The number of nitrogens with zero attached hydrogens (tertiary/aromatic N) is 4. The van der Waals surface area contributed by atoms with Gasteiger partial charge < -0.3 is 16.2 Å². The number of nitrogens with one attached hydrogen (secondary N) is 2. The molecule has 0 aliphatic carbocycles. The van der Waals surface area contributed by atoms with E-state index in [2.05, 4.69) is 25.9 Å². The van der Waals surface area contributed by atoms with E-state index >= 15 is 0 Å². The number of rotatable bonds is 11. The molecule has 18 heteroatoms. The molecule has 0 bridgehead atoms. The van der Waals surface area contributed by atoms with Gasteiger partial charge in [-0.2, -0.15) is 8.42 Å². The highest BCUT2D eigenvalue weighted by Gasteiger charge is 2.55. The molecule has 1 aromatic carbocycles. The first kappa shape index (κ1) is 27.6.